The van der Waals surface area contributed by atoms with Crippen LogP contribution in [0.1, 0.15) is 41.8 Å². The lowest BCUT2D eigenvalue weighted by molar-refractivity contribution is 0.0827. The van der Waals surface area contributed by atoms with Crippen LogP contribution in [0.3, 0.4) is 0 Å². The minimum Gasteiger partial charge on any atom is -0.396 e. The molecule has 0 saturated heterocycles. The highest BCUT2D eigenvalue weighted by molar-refractivity contribution is 5.94. The Balaban J connectivity index is 1.38. The summed E-state index contributed by atoms with van der Waals surface area (Å²) in [6.07, 6.45) is 4.93. The van der Waals surface area contributed by atoms with E-state index in [9.17, 15) is 14.0 Å². The molecule has 1 aromatic carbocycles. The lowest BCUT2D eigenvalue weighted by Crippen LogP contribution is -2.29. The fraction of sp³-hybridized carbons (Fsp3) is 0.276. The standard InChI is InChI=1S/C29H30F2N6O2/c1-17-11-19(29(39)34(2)3)12-22(30)27(17)18-6-9-36(10-7-18)15-20-13-21-25(5-8-33-28(21)35(20)4)37-16-23(31)24(32)14-26(37)38/h5-6,8,11-14,16H,7,9-10,15,32H2,1-4H3/i2D3,3D3. The molecule has 0 bridgehead atoms. The summed E-state index contributed by atoms with van der Waals surface area (Å²) in [6.45, 7) is -3.39. The molecule has 0 atom stereocenters. The number of rotatable bonds is 5. The van der Waals surface area contributed by atoms with Gasteiger partial charge in [-0.1, -0.05) is 6.08 Å². The first-order valence-electron chi connectivity index (χ1n) is 15.2. The number of hydrogen-bond donors (Lipinski definition) is 1. The fourth-order valence-corrected chi connectivity index (χ4v) is 5.04. The summed E-state index contributed by atoms with van der Waals surface area (Å²) in [6, 6.07) is 6.72. The zero-order valence-electron chi connectivity index (χ0n) is 27.3. The van der Waals surface area contributed by atoms with E-state index in [1.165, 1.54) is 16.8 Å². The Kier molecular flexibility index (Phi) is 5.11. The molecule has 0 saturated carbocycles. The average Bonchev–Trinajstić information content (AvgIpc) is 3.24. The van der Waals surface area contributed by atoms with Crippen molar-refractivity contribution < 1.29 is 21.8 Å². The number of nitrogen functional groups attached to an aromatic ring is 1. The molecule has 3 aromatic heterocycles. The number of pyridine rings is 2. The summed E-state index contributed by atoms with van der Waals surface area (Å²) < 4.78 is 77.6. The van der Waals surface area contributed by atoms with E-state index in [4.69, 9.17) is 14.0 Å². The summed E-state index contributed by atoms with van der Waals surface area (Å²) in [5, 5.41) is 0.650. The molecule has 5 rings (SSSR count). The number of fused-ring (bicyclic) bond motifs is 1. The van der Waals surface area contributed by atoms with Gasteiger partial charge in [0.2, 0.25) is 0 Å². The highest BCUT2D eigenvalue weighted by Crippen LogP contribution is 2.30. The Hall–Kier alpha value is -4.31. The van der Waals surface area contributed by atoms with Gasteiger partial charge in [-0.3, -0.25) is 19.1 Å². The maximum Gasteiger partial charge on any atom is 0.257 e. The summed E-state index contributed by atoms with van der Waals surface area (Å²) in [5.74, 6) is -2.78. The number of aromatic nitrogens is 3. The number of halogens is 2. The number of aryl methyl sites for hydroxylation is 2. The van der Waals surface area contributed by atoms with Crippen molar-refractivity contribution in [1.82, 2.24) is 23.9 Å². The molecule has 0 radical (unpaired) electrons. The van der Waals surface area contributed by atoms with E-state index in [2.05, 4.69) is 9.88 Å². The lowest BCUT2D eigenvalue weighted by Gasteiger charge is -2.27. The van der Waals surface area contributed by atoms with Gasteiger partial charge in [0.25, 0.3) is 11.5 Å². The van der Waals surface area contributed by atoms with Gasteiger partial charge in [0.1, 0.15) is 11.5 Å². The molecule has 202 valence electrons. The van der Waals surface area contributed by atoms with Gasteiger partial charge >= 0.3 is 0 Å². The largest absolute Gasteiger partial charge is 0.396 e. The predicted molar refractivity (Wildman–Crippen MR) is 148 cm³/mol. The Morgan fingerprint density at radius 1 is 1.21 bits per heavy atom. The molecule has 0 spiro atoms. The average molecular weight is 539 g/mol. The predicted octanol–water partition coefficient (Wildman–Crippen LogP) is 3.88. The monoisotopic (exact) mass is 538 g/mol. The maximum atomic E-state index is 15.4. The van der Waals surface area contributed by atoms with Crippen LogP contribution in [0, 0.1) is 18.6 Å². The lowest BCUT2D eigenvalue weighted by atomic mass is 9.93. The van der Waals surface area contributed by atoms with Crippen LogP contribution >= 0.6 is 0 Å². The first-order valence-corrected chi connectivity index (χ1v) is 12.2. The molecule has 4 heterocycles. The minimum atomic E-state index is -3.24. The number of hydrogen-bond acceptors (Lipinski definition) is 5. The van der Waals surface area contributed by atoms with Gasteiger partial charge in [-0.2, -0.15) is 0 Å². The van der Waals surface area contributed by atoms with Gasteiger partial charge in [-0.05, 0) is 48.7 Å². The van der Waals surface area contributed by atoms with Gasteiger partial charge in [0, 0.05) is 83.3 Å². The van der Waals surface area contributed by atoms with Crippen LogP contribution in [0.25, 0.3) is 22.3 Å². The Labute approximate surface area is 233 Å². The summed E-state index contributed by atoms with van der Waals surface area (Å²) >= 11 is 0. The molecule has 1 amide bonds. The second-order valence-electron chi connectivity index (χ2n) is 9.55. The number of nitrogens with zero attached hydrogens (tertiary/aromatic N) is 5. The SMILES string of the molecule is [2H]C([2H])([2H])N(C(=O)c1cc(C)c(C2=CCN(Cc3cc4c(-n5cc(F)c(N)cc5=O)ccnc4n3C)CC2)c(F)c1)C([2H])([2H])[2H]. The van der Waals surface area contributed by atoms with E-state index in [-0.39, 0.29) is 21.7 Å². The molecule has 1 aliphatic heterocycles. The Morgan fingerprint density at radius 3 is 2.69 bits per heavy atom. The van der Waals surface area contributed by atoms with Crippen molar-refractivity contribution >= 4 is 28.2 Å². The van der Waals surface area contributed by atoms with E-state index >= 15 is 4.39 Å². The highest BCUT2D eigenvalue weighted by atomic mass is 19.1. The van der Waals surface area contributed by atoms with Crippen molar-refractivity contribution in [3.05, 3.63) is 93.2 Å². The normalized spacial score (nSPS) is 17.0. The van der Waals surface area contributed by atoms with Crippen LogP contribution in [0.4, 0.5) is 14.5 Å². The summed E-state index contributed by atoms with van der Waals surface area (Å²) in [4.78, 5) is 31.8. The van der Waals surface area contributed by atoms with Crippen molar-refractivity contribution in [3.63, 3.8) is 0 Å². The first kappa shape index (κ1) is 19.7. The zero-order valence-corrected chi connectivity index (χ0v) is 21.3. The Bertz CT molecular complexity index is 1880. The molecule has 0 aliphatic carbocycles. The van der Waals surface area contributed by atoms with Crippen molar-refractivity contribution in [2.45, 2.75) is 19.9 Å². The molecular weight excluding hydrogens is 502 g/mol. The van der Waals surface area contributed by atoms with Gasteiger partial charge in [0.05, 0.1) is 17.6 Å². The molecule has 4 aromatic rings. The van der Waals surface area contributed by atoms with E-state index < -0.39 is 37.1 Å². The van der Waals surface area contributed by atoms with Crippen LogP contribution in [0.2, 0.25) is 0 Å². The second kappa shape index (κ2) is 10.1. The van der Waals surface area contributed by atoms with E-state index in [1.807, 2.05) is 23.8 Å². The molecule has 0 fully saturated rings. The smallest absolute Gasteiger partial charge is 0.257 e. The molecular formula is C29H30F2N6O2. The molecule has 0 unspecified atom stereocenters. The summed E-state index contributed by atoms with van der Waals surface area (Å²) in [7, 11) is 1.84. The van der Waals surface area contributed by atoms with Crippen molar-refractivity contribution in [1.29, 1.82) is 0 Å². The second-order valence-corrected chi connectivity index (χ2v) is 9.55. The molecule has 10 heteroatoms. The number of anilines is 1. The fourth-order valence-electron chi connectivity index (χ4n) is 5.04. The molecule has 8 nitrogen and oxygen atoms in total. The van der Waals surface area contributed by atoms with Crippen LogP contribution in [-0.4, -0.2) is 56.9 Å². The maximum absolute atomic E-state index is 15.4. The van der Waals surface area contributed by atoms with Crippen LogP contribution < -0.4 is 11.3 Å². The van der Waals surface area contributed by atoms with Crippen molar-refractivity contribution in [3.8, 4) is 5.69 Å². The number of benzene rings is 1. The van der Waals surface area contributed by atoms with Crippen LogP contribution in [0.5, 0.6) is 0 Å². The minimum absolute atomic E-state index is 0.191. The molecule has 1 aliphatic rings. The molecule has 2 N–H and O–H groups in total. The third-order valence-corrected chi connectivity index (χ3v) is 7.04. The van der Waals surface area contributed by atoms with Gasteiger partial charge in [-0.25, -0.2) is 13.8 Å². The van der Waals surface area contributed by atoms with Crippen LogP contribution in [0.15, 0.2) is 53.6 Å². The number of nitrogens with two attached hydrogens (primary N) is 1. The van der Waals surface area contributed by atoms with Gasteiger partial charge < -0.3 is 15.2 Å². The first-order chi connectivity index (χ1) is 21.0. The topological polar surface area (TPSA) is 89.4 Å². The Morgan fingerprint density at radius 2 is 2.00 bits per heavy atom. The highest BCUT2D eigenvalue weighted by Gasteiger charge is 2.22. The van der Waals surface area contributed by atoms with Crippen molar-refractivity contribution in [2.24, 2.45) is 7.05 Å². The number of carbonyl (C=O) groups excluding carboxylic acids is 1. The van der Waals surface area contributed by atoms with Crippen LogP contribution in [-0.2, 0) is 13.6 Å². The van der Waals surface area contributed by atoms with E-state index in [0.29, 0.717) is 53.9 Å². The third-order valence-electron chi connectivity index (χ3n) is 7.04. The number of amides is 1. The summed E-state index contributed by atoms with van der Waals surface area (Å²) in [5.41, 5.74) is 7.75. The quantitative estimate of drug-likeness (QED) is 0.417. The van der Waals surface area contributed by atoms with E-state index in [1.54, 1.807) is 13.0 Å². The number of carbonyl (C=O) groups is 1. The van der Waals surface area contributed by atoms with Gasteiger partial charge in [-0.15, -0.1) is 0 Å². The molecule has 39 heavy (non-hydrogen) atoms. The van der Waals surface area contributed by atoms with E-state index in [0.717, 1.165) is 24.0 Å². The zero-order chi connectivity index (χ0) is 33.0. The third kappa shape index (κ3) is 4.83. The van der Waals surface area contributed by atoms with Crippen molar-refractivity contribution in [2.75, 3.05) is 32.8 Å². The van der Waals surface area contributed by atoms with Gasteiger partial charge in [0.15, 0.2) is 5.82 Å².